The number of nitrogens with one attached hydrogen (secondary N) is 2. The van der Waals surface area contributed by atoms with Gasteiger partial charge >= 0.3 is 6.03 Å². The molecule has 0 aliphatic carbocycles. The van der Waals surface area contributed by atoms with Gasteiger partial charge in [-0.05, 0) is 49.6 Å². The van der Waals surface area contributed by atoms with Crippen LogP contribution in [0.15, 0.2) is 48.1 Å². The Bertz CT molecular complexity index is 961. The average molecular weight is 409 g/mol. The van der Waals surface area contributed by atoms with Crippen molar-refractivity contribution < 1.29 is 4.79 Å². The zero-order valence-corrected chi connectivity index (χ0v) is 17.2. The van der Waals surface area contributed by atoms with Crippen molar-refractivity contribution in [1.82, 2.24) is 19.9 Å². The number of urea groups is 1. The van der Waals surface area contributed by atoms with Crippen LogP contribution in [0, 0.1) is 5.92 Å². The zero-order chi connectivity index (χ0) is 20.1. The topological polar surface area (TPSA) is 83.0 Å². The van der Waals surface area contributed by atoms with Crippen molar-refractivity contribution in [3.05, 3.63) is 53.8 Å². The Labute approximate surface area is 174 Å². The molecule has 150 valence electrons. The maximum absolute atomic E-state index is 12.4. The summed E-state index contributed by atoms with van der Waals surface area (Å²) in [5, 5.41) is 8.22. The van der Waals surface area contributed by atoms with Crippen LogP contribution in [-0.2, 0) is 6.54 Å². The van der Waals surface area contributed by atoms with E-state index in [9.17, 15) is 4.79 Å². The van der Waals surface area contributed by atoms with Crippen LogP contribution in [0.3, 0.4) is 0 Å². The monoisotopic (exact) mass is 408 g/mol. The lowest BCUT2D eigenvalue weighted by molar-refractivity contribution is 0.175. The molecule has 1 aliphatic heterocycles. The molecule has 29 heavy (non-hydrogen) atoms. The van der Waals surface area contributed by atoms with Gasteiger partial charge in [0.1, 0.15) is 16.6 Å². The number of hydrogen-bond acceptors (Lipinski definition) is 6. The molecule has 1 aliphatic rings. The maximum Gasteiger partial charge on any atom is 0.326 e. The summed E-state index contributed by atoms with van der Waals surface area (Å²) in [7, 11) is 0. The van der Waals surface area contributed by atoms with Gasteiger partial charge in [-0.25, -0.2) is 14.8 Å². The molecule has 1 fully saturated rings. The second-order valence-electron chi connectivity index (χ2n) is 7.35. The van der Waals surface area contributed by atoms with Crippen molar-refractivity contribution in [3.8, 4) is 10.6 Å². The summed E-state index contributed by atoms with van der Waals surface area (Å²) in [4.78, 5) is 27.8. The number of carbonyl (C=O) groups excluding carboxylic acids is 1. The first-order chi connectivity index (χ1) is 14.2. The molecule has 0 bridgehead atoms. The molecular formula is C21H24N6OS. The standard InChI is InChI=1S/C21H24N6OS/c1-15-4-3-11-27(12-15)13-17-5-2-6-18(23-17)25-21(28)26-19-14-29-20(24-19)16-7-9-22-10-8-16/h2,5-10,14-15H,3-4,11-13H2,1H3,(H2,23,25,26,28)/t15-/m1/s1. The van der Waals surface area contributed by atoms with Crippen molar-refractivity contribution >= 4 is 29.0 Å². The fourth-order valence-corrected chi connectivity index (χ4v) is 4.28. The summed E-state index contributed by atoms with van der Waals surface area (Å²) in [6, 6.07) is 9.15. The van der Waals surface area contributed by atoms with Gasteiger partial charge in [0.25, 0.3) is 0 Å². The Morgan fingerprint density at radius 3 is 2.83 bits per heavy atom. The summed E-state index contributed by atoms with van der Waals surface area (Å²) < 4.78 is 0. The molecule has 2 amide bonds. The van der Waals surface area contributed by atoms with Crippen LogP contribution in [0.25, 0.3) is 10.6 Å². The van der Waals surface area contributed by atoms with E-state index < -0.39 is 0 Å². The van der Waals surface area contributed by atoms with Gasteiger partial charge in [0.15, 0.2) is 0 Å². The predicted molar refractivity (Wildman–Crippen MR) is 116 cm³/mol. The van der Waals surface area contributed by atoms with Gasteiger partial charge in [-0.3, -0.25) is 20.5 Å². The fourth-order valence-electron chi connectivity index (χ4n) is 3.52. The second-order valence-corrected chi connectivity index (χ2v) is 8.21. The highest BCUT2D eigenvalue weighted by molar-refractivity contribution is 7.13. The number of hydrogen-bond donors (Lipinski definition) is 2. The molecule has 0 radical (unpaired) electrons. The molecule has 0 aromatic carbocycles. The highest BCUT2D eigenvalue weighted by atomic mass is 32.1. The molecule has 3 aromatic heterocycles. The lowest BCUT2D eigenvalue weighted by Gasteiger charge is -2.30. The Balaban J connectivity index is 1.34. The first-order valence-electron chi connectivity index (χ1n) is 9.78. The SMILES string of the molecule is C[C@@H]1CCCN(Cc2cccc(NC(=O)Nc3csc(-c4ccncc4)n3)n2)C1. The van der Waals surface area contributed by atoms with Gasteiger partial charge in [0.05, 0.1) is 5.69 Å². The van der Waals surface area contributed by atoms with E-state index in [2.05, 4.69) is 37.4 Å². The lowest BCUT2D eigenvalue weighted by atomic mass is 10.0. The van der Waals surface area contributed by atoms with Gasteiger partial charge in [-0.15, -0.1) is 11.3 Å². The number of nitrogens with zero attached hydrogens (tertiary/aromatic N) is 4. The number of aromatic nitrogens is 3. The van der Waals surface area contributed by atoms with Crippen LogP contribution in [0.5, 0.6) is 0 Å². The molecule has 1 saturated heterocycles. The van der Waals surface area contributed by atoms with E-state index in [0.717, 1.165) is 41.8 Å². The minimum absolute atomic E-state index is 0.354. The lowest BCUT2D eigenvalue weighted by Crippen LogP contribution is -2.34. The number of thiazole rings is 1. The van der Waals surface area contributed by atoms with Gasteiger partial charge in [-0.2, -0.15) is 0 Å². The minimum atomic E-state index is -0.354. The smallest absolute Gasteiger partial charge is 0.297 e. The quantitative estimate of drug-likeness (QED) is 0.650. The van der Waals surface area contributed by atoms with Crippen LogP contribution in [0.2, 0.25) is 0 Å². The summed E-state index contributed by atoms with van der Waals surface area (Å²) in [5.74, 6) is 1.78. The van der Waals surface area contributed by atoms with E-state index in [1.807, 2.05) is 29.6 Å². The van der Waals surface area contributed by atoms with Crippen LogP contribution in [-0.4, -0.2) is 39.0 Å². The van der Waals surface area contributed by atoms with E-state index in [1.54, 1.807) is 18.5 Å². The minimum Gasteiger partial charge on any atom is -0.297 e. The summed E-state index contributed by atoms with van der Waals surface area (Å²) in [5.41, 5.74) is 1.94. The number of anilines is 2. The Hall–Kier alpha value is -2.84. The van der Waals surface area contributed by atoms with Crippen LogP contribution >= 0.6 is 11.3 Å². The maximum atomic E-state index is 12.4. The van der Waals surface area contributed by atoms with Crippen LogP contribution in [0.4, 0.5) is 16.4 Å². The number of pyridine rings is 2. The van der Waals surface area contributed by atoms with E-state index >= 15 is 0 Å². The van der Waals surface area contributed by atoms with Crippen molar-refractivity contribution in [3.63, 3.8) is 0 Å². The van der Waals surface area contributed by atoms with Crippen molar-refractivity contribution in [2.24, 2.45) is 5.92 Å². The Morgan fingerprint density at radius 2 is 2.00 bits per heavy atom. The molecular weight excluding hydrogens is 384 g/mol. The van der Waals surface area contributed by atoms with E-state index in [1.165, 1.54) is 24.2 Å². The number of carbonyl (C=O) groups is 1. The molecule has 4 rings (SSSR count). The molecule has 3 aromatic rings. The van der Waals surface area contributed by atoms with Gasteiger partial charge in [0.2, 0.25) is 0 Å². The summed E-state index contributed by atoms with van der Waals surface area (Å²) in [6.07, 6.45) is 5.97. The third-order valence-corrected chi connectivity index (χ3v) is 5.74. The molecule has 2 N–H and O–H groups in total. The third-order valence-electron chi connectivity index (χ3n) is 4.85. The van der Waals surface area contributed by atoms with E-state index in [-0.39, 0.29) is 6.03 Å². The first kappa shape index (κ1) is 19.5. The number of rotatable bonds is 5. The normalized spacial score (nSPS) is 17.1. The molecule has 0 unspecified atom stereocenters. The predicted octanol–water partition coefficient (Wildman–Crippen LogP) is 4.48. The summed E-state index contributed by atoms with van der Waals surface area (Å²) >= 11 is 1.47. The molecule has 0 spiro atoms. The van der Waals surface area contributed by atoms with Crippen LogP contribution in [0.1, 0.15) is 25.5 Å². The van der Waals surface area contributed by atoms with Gasteiger partial charge in [-0.1, -0.05) is 13.0 Å². The first-order valence-corrected chi connectivity index (χ1v) is 10.7. The highest BCUT2D eigenvalue weighted by Gasteiger charge is 2.17. The molecule has 1 atom stereocenters. The Kier molecular flexibility index (Phi) is 6.12. The van der Waals surface area contributed by atoms with Crippen molar-refractivity contribution in [2.45, 2.75) is 26.3 Å². The van der Waals surface area contributed by atoms with Gasteiger partial charge in [0, 0.05) is 36.4 Å². The van der Waals surface area contributed by atoms with Crippen molar-refractivity contribution in [1.29, 1.82) is 0 Å². The number of piperidine rings is 1. The third kappa shape index (κ3) is 5.36. The molecule has 0 saturated carbocycles. The molecule has 8 heteroatoms. The molecule has 7 nitrogen and oxygen atoms in total. The second kappa shape index (κ2) is 9.11. The highest BCUT2D eigenvalue weighted by Crippen LogP contribution is 2.25. The van der Waals surface area contributed by atoms with E-state index in [0.29, 0.717) is 11.6 Å². The number of amides is 2. The fraction of sp³-hybridized carbons (Fsp3) is 0.333. The molecule has 4 heterocycles. The van der Waals surface area contributed by atoms with Crippen LogP contribution < -0.4 is 10.6 Å². The van der Waals surface area contributed by atoms with Gasteiger partial charge < -0.3 is 0 Å². The Morgan fingerprint density at radius 1 is 1.17 bits per heavy atom. The largest absolute Gasteiger partial charge is 0.326 e. The van der Waals surface area contributed by atoms with E-state index in [4.69, 9.17) is 0 Å². The number of likely N-dealkylation sites (tertiary alicyclic amines) is 1. The zero-order valence-electron chi connectivity index (χ0n) is 16.3. The average Bonchev–Trinajstić information content (AvgIpc) is 3.17. The summed E-state index contributed by atoms with van der Waals surface area (Å²) in [6.45, 7) is 5.31. The van der Waals surface area contributed by atoms with Crippen molar-refractivity contribution in [2.75, 3.05) is 23.7 Å².